The zero-order valence-electron chi connectivity index (χ0n) is 7.32. The van der Waals surface area contributed by atoms with Gasteiger partial charge in [0.25, 0.3) is 0 Å². The average molecular weight is 192 g/mol. The lowest BCUT2D eigenvalue weighted by atomic mass is 10.2. The first kappa shape index (κ1) is 8.26. The van der Waals surface area contributed by atoms with Crippen LogP contribution in [0.15, 0.2) is 35.8 Å². The molecule has 0 fully saturated rings. The highest BCUT2D eigenvalue weighted by atomic mass is 32.1. The Hall–Kier alpha value is -1.35. The van der Waals surface area contributed by atoms with Crippen LogP contribution in [0.5, 0.6) is 0 Å². The number of anilines is 2. The molecule has 0 aliphatic heterocycles. The highest BCUT2D eigenvalue weighted by Crippen LogP contribution is 2.18. The van der Waals surface area contributed by atoms with E-state index in [9.17, 15) is 0 Å². The Kier molecular flexibility index (Phi) is 2.27. The Morgan fingerprint density at radius 1 is 1.31 bits per heavy atom. The van der Waals surface area contributed by atoms with Gasteiger partial charge in [-0.1, -0.05) is 17.7 Å². The summed E-state index contributed by atoms with van der Waals surface area (Å²) in [4.78, 5) is 4.14. The van der Waals surface area contributed by atoms with Crippen LogP contribution in [0, 0.1) is 6.92 Å². The van der Waals surface area contributed by atoms with Crippen LogP contribution in [0.4, 0.5) is 10.8 Å². The van der Waals surface area contributed by atoms with E-state index in [1.54, 1.807) is 17.5 Å². The van der Waals surface area contributed by atoms with E-state index in [2.05, 4.69) is 41.5 Å². The summed E-state index contributed by atoms with van der Waals surface area (Å²) in [5.74, 6) is 0. The third kappa shape index (κ3) is 2.06. The smallest absolute Gasteiger partial charge is 0.187 e. The Morgan fingerprint density at radius 3 is 2.69 bits per heavy atom. The number of rotatable bonds is 2. The van der Waals surface area contributed by atoms with Crippen molar-refractivity contribution in [2.75, 3.05) is 5.32 Å². The van der Waals surface area contributed by atoms with Gasteiger partial charge in [0.15, 0.2) is 5.13 Å². The highest BCUT2D eigenvalue weighted by Gasteiger charge is 1.94. The molecule has 1 aromatic carbocycles. The van der Waals surface area contributed by atoms with Gasteiger partial charge in [-0.2, -0.15) is 0 Å². The molecule has 13 heavy (non-hydrogen) atoms. The van der Waals surface area contributed by atoms with Gasteiger partial charge in [0, 0.05) is 18.7 Å². The Bertz CT molecular complexity index is 370. The van der Waals surface area contributed by atoms with Crippen molar-refractivity contribution >= 4 is 22.2 Å². The first-order valence-electron chi connectivity index (χ1n) is 4.08. The lowest BCUT2D eigenvalue weighted by Crippen LogP contribution is -1.88. The predicted molar refractivity (Wildman–Crippen MR) is 58.7 cm³/mol. The second-order valence-electron chi connectivity index (χ2n) is 2.83. The van der Waals surface area contributed by atoms with E-state index in [1.807, 2.05) is 5.38 Å². The van der Waals surface area contributed by atoms with Gasteiger partial charge in [0.2, 0.25) is 0 Å². The van der Waals surface area contributed by atoms with Gasteiger partial charge in [-0.15, -0.1) is 11.3 Å². The van der Waals surface area contributed by atoms with Gasteiger partial charge < -0.3 is 5.32 Å². The van der Waals surface area contributed by atoms with Gasteiger partial charge in [0.1, 0.15) is 0 Å². The van der Waals surface area contributed by atoms with Crippen molar-refractivity contribution in [3.05, 3.63) is 41.4 Å². The summed E-state index contributed by atoms with van der Waals surface area (Å²) in [6.07, 6.45) is 1.79. The molecule has 0 spiro atoms. The number of hydrogen-bond donors (Lipinski definition) is 1. The molecule has 1 N–H and O–H groups in total. The van der Waals surface area contributed by atoms with Crippen molar-refractivity contribution in [3.63, 3.8) is 0 Å². The maximum Gasteiger partial charge on any atom is 0.187 e. The molecule has 0 saturated carbocycles. The number of benzene rings is 1. The molecule has 0 amide bonds. The lowest BCUT2D eigenvalue weighted by molar-refractivity contribution is 1.38. The van der Waals surface area contributed by atoms with Gasteiger partial charge in [0.05, 0.1) is 0 Å². The molecule has 0 bridgehead atoms. The summed E-state index contributed by atoms with van der Waals surface area (Å²) < 4.78 is 0. The van der Waals surface area contributed by atoms with Crippen molar-refractivity contribution < 1.29 is 1.43 Å². The molecule has 2 aromatic rings. The molecule has 0 atom stereocenters. The molecule has 0 aliphatic carbocycles. The van der Waals surface area contributed by atoms with E-state index in [-0.39, 0.29) is 1.43 Å². The molecule has 2 nitrogen and oxygen atoms in total. The topological polar surface area (TPSA) is 24.9 Å². The molecular weight excluding hydrogens is 180 g/mol. The van der Waals surface area contributed by atoms with Crippen LogP contribution in [0.2, 0.25) is 0 Å². The standard InChI is InChI=1S/C10H10N2S.H2/c1-8-2-4-9(5-3-8)12-10-11-6-7-13-10;/h2-7H,1H3,(H,11,12);1H. The first-order valence-corrected chi connectivity index (χ1v) is 4.96. The third-order valence-corrected chi connectivity index (χ3v) is 2.42. The van der Waals surface area contributed by atoms with E-state index < -0.39 is 0 Å². The zero-order valence-corrected chi connectivity index (χ0v) is 8.14. The monoisotopic (exact) mass is 192 g/mol. The molecule has 0 unspecified atom stereocenters. The minimum atomic E-state index is 0. The Morgan fingerprint density at radius 2 is 2.08 bits per heavy atom. The van der Waals surface area contributed by atoms with E-state index >= 15 is 0 Å². The number of aromatic nitrogens is 1. The summed E-state index contributed by atoms with van der Waals surface area (Å²) in [5, 5.41) is 6.11. The molecule has 3 heteroatoms. The van der Waals surface area contributed by atoms with Crippen LogP contribution < -0.4 is 5.32 Å². The molecule has 1 aromatic heterocycles. The van der Waals surface area contributed by atoms with Crippen LogP contribution in [0.3, 0.4) is 0 Å². The summed E-state index contributed by atoms with van der Waals surface area (Å²) in [6.45, 7) is 2.08. The number of nitrogens with zero attached hydrogens (tertiary/aromatic N) is 1. The molecule has 0 radical (unpaired) electrons. The van der Waals surface area contributed by atoms with E-state index in [1.165, 1.54) is 5.56 Å². The fourth-order valence-corrected chi connectivity index (χ4v) is 1.59. The van der Waals surface area contributed by atoms with E-state index in [0.717, 1.165) is 10.8 Å². The normalized spacial score (nSPS) is 9.92. The van der Waals surface area contributed by atoms with Crippen molar-refractivity contribution in [1.82, 2.24) is 4.98 Å². The molecule has 2 rings (SSSR count). The summed E-state index contributed by atoms with van der Waals surface area (Å²) >= 11 is 1.60. The average Bonchev–Trinajstić information content (AvgIpc) is 2.62. The van der Waals surface area contributed by atoms with Crippen LogP contribution >= 0.6 is 11.3 Å². The fraction of sp³-hybridized carbons (Fsp3) is 0.100. The fourth-order valence-electron chi connectivity index (χ4n) is 1.05. The van der Waals surface area contributed by atoms with Gasteiger partial charge in [-0.05, 0) is 19.1 Å². The SMILES string of the molecule is Cc1ccc(Nc2nccs2)cc1.[HH]. The van der Waals surface area contributed by atoms with Crippen LogP contribution in [-0.2, 0) is 0 Å². The number of aryl methyl sites for hydroxylation is 1. The summed E-state index contributed by atoms with van der Waals surface area (Å²) in [6, 6.07) is 8.26. The number of nitrogens with one attached hydrogen (secondary N) is 1. The lowest BCUT2D eigenvalue weighted by Gasteiger charge is -2.01. The van der Waals surface area contributed by atoms with Gasteiger partial charge in [-0.25, -0.2) is 4.98 Å². The second-order valence-corrected chi connectivity index (χ2v) is 3.72. The van der Waals surface area contributed by atoms with Crippen molar-refractivity contribution in [1.29, 1.82) is 0 Å². The van der Waals surface area contributed by atoms with E-state index in [0.29, 0.717) is 0 Å². The Labute approximate surface area is 82.7 Å². The van der Waals surface area contributed by atoms with Crippen LogP contribution in [-0.4, -0.2) is 4.98 Å². The predicted octanol–water partition coefficient (Wildman–Crippen LogP) is 3.44. The summed E-state index contributed by atoms with van der Waals surface area (Å²) in [7, 11) is 0. The van der Waals surface area contributed by atoms with Gasteiger partial charge >= 0.3 is 0 Å². The maximum atomic E-state index is 4.14. The van der Waals surface area contributed by atoms with Crippen LogP contribution in [0.1, 0.15) is 6.99 Å². The van der Waals surface area contributed by atoms with Crippen LogP contribution in [0.25, 0.3) is 0 Å². The highest BCUT2D eigenvalue weighted by molar-refractivity contribution is 7.13. The molecule has 0 saturated heterocycles. The number of hydrogen-bond acceptors (Lipinski definition) is 3. The third-order valence-electron chi connectivity index (χ3n) is 1.74. The molecule has 1 heterocycles. The number of thiazole rings is 1. The van der Waals surface area contributed by atoms with Gasteiger partial charge in [-0.3, -0.25) is 0 Å². The second kappa shape index (κ2) is 3.58. The van der Waals surface area contributed by atoms with Crippen molar-refractivity contribution in [2.45, 2.75) is 6.92 Å². The molecule has 0 aliphatic rings. The minimum Gasteiger partial charge on any atom is -0.332 e. The minimum absolute atomic E-state index is 0. The Balaban J connectivity index is 0.000000980. The van der Waals surface area contributed by atoms with E-state index in [4.69, 9.17) is 0 Å². The zero-order chi connectivity index (χ0) is 9.10. The molecule has 68 valence electrons. The largest absolute Gasteiger partial charge is 0.332 e. The van der Waals surface area contributed by atoms with Crippen molar-refractivity contribution in [2.24, 2.45) is 0 Å². The quantitative estimate of drug-likeness (QED) is 0.788. The maximum absolute atomic E-state index is 4.14. The summed E-state index contributed by atoms with van der Waals surface area (Å²) in [5.41, 5.74) is 2.35. The molecular formula is C10H12N2S. The first-order chi connectivity index (χ1) is 6.34. The van der Waals surface area contributed by atoms with Crippen molar-refractivity contribution in [3.8, 4) is 0 Å².